The molecule has 0 radical (unpaired) electrons. The number of nitrogens with zero attached hydrogens (tertiary/aromatic N) is 2. The van der Waals surface area contributed by atoms with E-state index in [1.807, 2.05) is 19.4 Å². The van der Waals surface area contributed by atoms with Crippen LogP contribution >= 0.6 is 0 Å². The normalized spacial score (nSPS) is 11.5. The summed E-state index contributed by atoms with van der Waals surface area (Å²) in [6.45, 7) is 2.91. The molecule has 114 valence electrons. The number of benzene rings is 1. The molecule has 0 aliphatic carbocycles. The Morgan fingerprint density at radius 3 is 2.52 bits per heavy atom. The topological polar surface area (TPSA) is 76.0 Å². The van der Waals surface area contributed by atoms with E-state index in [0.29, 0.717) is 6.54 Å². The van der Waals surface area contributed by atoms with Crippen LogP contribution in [0.5, 0.6) is 0 Å². The minimum atomic E-state index is -3.38. The zero-order valence-corrected chi connectivity index (χ0v) is 13.0. The lowest BCUT2D eigenvalue weighted by molar-refractivity contribution is 0.584. The number of hydrogen-bond acceptors (Lipinski definition) is 4. The minimum Gasteiger partial charge on any atom is -0.385 e. The molecule has 0 amide bonds. The lowest BCUT2D eigenvalue weighted by Gasteiger charge is -2.08. The van der Waals surface area contributed by atoms with Crippen molar-refractivity contribution in [1.29, 1.82) is 0 Å². The third-order valence-corrected chi connectivity index (χ3v) is 4.56. The summed E-state index contributed by atoms with van der Waals surface area (Å²) in [7, 11) is -1.49. The first-order valence-electron chi connectivity index (χ1n) is 6.82. The van der Waals surface area contributed by atoms with Crippen LogP contribution in [0, 0.1) is 0 Å². The molecule has 0 saturated heterocycles. The molecule has 0 aliphatic rings. The quantitative estimate of drug-likeness (QED) is 0.810. The van der Waals surface area contributed by atoms with Gasteiger partial charge in [-0.05, 0) is 36.2 Å². The van der Waals surface area contributed by atoms with Gasteiger partial charge in [-0.1, -0.05) is 6.92 Å². The van der Waals surface area contributed by atoms with Crippen LogP contribution in [-0.4, -0.2) is 31.3 Å². The van der Waals surface area contributed by atoms with Crippen LogP contribution in [0.15, 0.2) is 41.6 Å². The third kappa shape index (κ3) is 4.30. The Bertz CT molecular complexity index is 677. The highest BCUT2D eigenvalue weighted by molar-refractivity contribution is 7.89. The Hall–Kier alpha value is -1.86. The maximum absolute atomic E-state index is 11.8. The summed E-state index contributed by atoms with van der Waals surface area (Å²) in [5.74, 6) is 0. The van der Waals surface area contributed by atoms with E-state index in [0.717, 1.165) is 24.2 Å². The van der Waals surface area contributed by atoms with Crippen LogP contribution in [0.3, 0.4) is 0 Å². The summed E-state index contributed by atoms with van der Waals surface area (Å²) in [5.41, 5.74) is 2.06. The smallest absolute Gasteiger partial charge is 0.240 e. The second kappa shape index (κ2) is 6.73. The van der Waals surface area contributed by atoms with Gasteiger partial charge in [0.2, 0.25) is 10.0 Å². The van der Waals surface area contributed by atoms with Gasteiger partial charge in [0.15, 0.2) is 0 Å². The summed E-state index contributed by atoms with van der Waals surface area (Å²) in [6, 6.07) is 6.75. The van der Waals surface area contributed by atoms with E-state index in [2.05, 4.69) is 15.1 Å². The monoisotopic (exact) mass is 308 g/mol. The van der Waals surface area contributed by atoms with Gasteiger partial charge >= 0.3 is 0 Å². The molecule has 0 unspecified atom stereocenters. The first-order valence-corrected chi connectivity index (χ1v) is 8.30. The van der Waals surface area contributed by atoms with Crippen LogP contribution in [0.2, 0.25) is 0 Å². The van der Waals surface area contributed by atoms with Gasteiger partial charge in [-0.25, -0.2) is 13.1 Å². The molecule has 6 nitrogen and oxygen atoms in total. The first kappa shape index (κ1) is 15.5. The number of anilines is 1. The molecule has 2 rings (SSSR count). The number of aromatic nitrogens is 2. The van der Waals surface area contributed by atoms with Crippen molar-refractivity contribution in [3.63, 3.8) is 0 Å². The van der Waals surface area contributed by atoms with Gasteiger partial charge in [0.25, 0.3) is 0 Å². The van der Waals surface area contributed by atoms with Gasteiger partial charge < -0.3 is 5.32 Å². The van der Waals surface area contributed by atoms with Crippen molar-refractivity contribution >= 4 is 15.7 Å². The number of aryl methyl sites for hydroxylation is 1. The number of nitrogens with one attached hydrogen (secondary N) is 2. The maximum Gasteiger partial charge on any atom is 0.240 e. The Labute approximate surface area is 125 Å². The Morgan fingerprint density at radius 2 is 1.95 bits per heavy atom. The average molecular weight is 308 g/mol. The van der Waals surface area contributed by atoms with Crippen molar-refractivity contribution in [2.45, 2.75) is 18.2 Å². The zero-order chi connectivity index (χ0) is 15.3. The fourth-order valence-electron chi connectivity index (χ4n) is 1.98. The SMILES string of the molecule is CCNS(=O)(=O)c1ccc(NCCc2cnn(C)c2)cc1. The molecule has 1 heterocycles. The van der Waals surface area contributed by atoms with Gasteiger partial charge in [-0.2, -0.15) is 5.10 Å². The largest absolute Gasteiger partial charge is 0.385 e. The highest BCUT2D eigenvalue weighted by Gasteiger charge is 2.11. The van der Waals surface area contributed by atoms with Crippen molar-refractivity contribution in [2.24, 2.45) is 7.05 Å². The van der Waals surface area contributed by atoms with Gasteiger partial charge in [0.1, 0.15) is 0 Å². The maximum atomic E-state index is 11.8. The predicted molar refractivity (Wildman–Crippen MR) is 82.7 cm³/mol. The molecule has 0 spiro atoms. The van der Waals surface area contributed by atoms with E-state index >= 15 is 0 Å². The summed E-state index contributed by atoms with van der Waals surface area (Å²) in [5, 5.41) is 7.37. The molecule has 0 atom stereocenters. The molecule has 2 N–H and O–H groups in total. The van der Waals surface area contributed by atoms with E-state index in [4.69, 9.17) is 0 Å². The van der Waals surface area contributed by atoms with Crippen molar-refractivity contribution in [1.82, 2.24) is 14.5 Å². The fourth-order valence-corrected chi connectivity index (χ4v) is 3.02. The summed E-state index contributed by atoms with van der Waals surface area (Å²) in [6.07, 6.45) is 4.69. The summed E-state index contributed by atoms with van der Waals surface area (Å²) < 4.78 is 27.8. The standard InChI is InChI=1S/C14H20N4O2S/c1-3-17-21(19,20)14-6-4-13(5-7-14)15-9-8-12-10-16-18(2)11-12/h4-7,10-11,15,17H,3,8-9H2,1-2H3. The van der Waals surface area contributed by atoms with Crippen LogP contribution in [-0.2, 0) is 23.5 Å². The highest BCUT2D eigenvalue weighted by Crippen LogP contribution is 2.14. The molecule has 2 aromatic rings. The summed E-state index contributed by atoms with van der Waals surface area (Å²) in [4.78, 5) is 0.280. The molecule has 0 bridgehead atoms. The van der Waals surface area contributed by atoms with E-state index in [-0.39, 0.29) is 4.90 Å². The molecular weight excluding hydrogens is 288 g/mol. The van der Waals surface area contributed by atoms with Gasteiger partial charge in [0.05, 0.1) is 11.1 Å². The first-order chi connectivity index (χ1) is 10.0. The molecule has 0 fully saturated rings. The van der Waals surface area contributed by atoms with Crippen molar-refractivity contribution in [2.75, 3.05) is 18.4 Å². The second-order valence-electron chi connectivity index (χ2n) is 4.72. The zero-order valence-electron chi connectivity index (χ0n) is 12.2. The van der Waals surface area contributed by atoms with E-state index in [1.165, 1.54) is 0 Å². The fraction of sp³-hybridized carbons (Fsp3) is 0.357. The van der Waals surface area contributed by atoms with E-state index in [9.17, 15) is 8.42 Å². The Kier molecular flexibility index (Phi) is 4.98. The van der Waals surface area contributed by atoms with Crippen LogP contribution < -0.4 is 10.0 Å². The third-order valence-electron chi connectivity index (χ3n) is 3.00. The minimum absolute atomic E-state index is 0.280. The molecule has 1 aromatic carbocycles. The molecule has 0 saturated carbocycles. The van der Waals surface area contributed by atoms with Crippen LogP contribution in [0.4, 0.5) is 5.69 Å². The summed E-state index contributed by atoms with van der Waals surface area (Å²) >= 11 is 0. The van der Waals surface area contributed by atoms with E-state index in [1.54, 1.807) is 35.9 Å². The molecule has 0 aliphatic heterocycles. The Balaban J connectivity index is 1.90. The lowest BCUT2D eigenvalue weighted by atomic mass is 10.2. The van der Waals surface area contributed by atoms with Crippen molar-refractivity contribution < 1.29 is 8.42 Å². The highest BCUT2D eigenvalue weighted by atomic mass is 32.2. The van der Waals surface area contributed by atoms with Crippen LogP contribution in [0.1, 0.15) is 12.5 Å². The van der Waals surface area contributed by atoms with Gasteiger partial charge in [-0.15, -0.1) is 0 Å². The average Bonchev–Trinajstić information content (AvgIpc) is 2.85. The number of rotatable bonds is 7. The number of sulfonamides is 1. The molecular formula is C14H20N4O2S. The van der Waals surface area contributed by atoms with Crippen LogP contribution in [0.25, 0.3) is 0 Å². The Morgan fingerprint density at radius 1 is 1.24 bits per heavy atom. The molecule has 21 heavy (non-hydrogen) atoms. The van der Waals surface area contributed by atoms with Crippen molar-refractivity contribution in [3.8, 4) is 0 Å². The predicted octanol–water partition coefficient (Wildman–Crippen LogP) is 1.37. The number of hydrogen-bond donors (Lipinski definition) is 2. The molecule has 7 heteroatoms. The van der Waals surface area contributed by atoms with Crippen molar-refractivity contribution in [3.05, 3.63) is 42.2 Å². The molecule has 1 aromatic heterocycles. The van der Waals surface area contributed by atoms with E-state index < -0.39 is 10.0 Å². The second-order valence-corrected chi connectivity index (χ2v) is 6.49. The van der Waals surface area contributed by atoms with Gasteiger partial charge in [0, 0.05) is 32.0 Å². The van der Waals surface area contributed by atoms with Gasteiger partial charge in [-0.3, -0.25) is 4.68 Å². The lowest BCUT2D eigenvalue weighted by Crippen LogP contribution is -2.23.